The van der Waals surface area contributed by atoms with Gasteiger partial charge >= 0.3 is 0 Å². The van der Waals surface area contributed by atoms with Gasteiger partial charge in [-0.2, -0.15) is 5.10 Å². The van der Waals surface area contributed by atoms with Gasteiger partial charge in [-0.3, -0.25) is 9.58 Å². The summed E-state index contributed by atoms with van der Waals surface area (Å²) in [7, 11) is 1.99. The first kappa shape index (κ1) is 17.0. The van der Waals surface area contributed by atoms with Crippen LogP contribution >= 0.6 is 0 Å². The van der Waals surface area contributed by atoms with Gasteiger partial charge in [-0.25, -0.2) is 0 Å². The highest BCUT2D eigenvalue weighted by Gasteiger charge is 2.33. The van der Waals surface area contributed by atoms with E-state index in [1.54, 1.807) is 0 Å². The maximum absolute atomic E-state index is 10.8. The normalized spacial score (nSPS) is 17.8. The van der Waals surface area contributed by atoms with E-state index in [9.17, 15) is 5.11 Å². The van der Waals surface area contributed by atoms with Gasteiger partial charge < -0.3 is 9.84 Å². The molecule has 0 spiro atoms. The summed E-state index contributed by atoms with van der Waals surface area (Å²) in [5, 5.41) is 15.2. The maximum atomic E-state index is 10.8. The second kappa shape index (κ2) is 6.95. The zero-order valence-corrected chi connectivity index (χ0v) is 14.8. The molecule has 5 heteroatoms. The topological polar surface area (TPSA) is 50.5 Å². The molecule has 5 nitrogen and oxygen atoms in total. The minimum Gasteiger partial charge on any atom is -0.491 e. The third kappa shape index (κ3) is 3.79. The van der Waals surface area contributed by atoms with E-state index in [0.717, 1.165) is 43.9 Å². The van der Waals surface area contributed by atoms with Crippen LogP contribution in [-0.2, 0) is 13.6 Å². The number of likely N-dealkylation sites (tertiary alicyclic amines) is 1. The van der Waals surface area contributed by atoms with E-state index in [2.05, 4.69) is 23.8 Å². The van der Waals surface area contributed by atoms with Gasteiger partial charge in [0.05, 0.1) is 5.69 Å². The van der Waals surface area contributed by atoms with Crippen LogP contribution in [-0.4, -0.2) is 45.1 Å². The number of hydrogen-bond acceptors (Lipinski definition) is 4. The molecule has 0 unspecified atom stereocenters. The zero-order chi connectivity index (χ0) is 17.2. The monoisotopic (exact) mass is 329 g/mol. The van der Waals surface area contributed by atoms with Gasteiger partial charge in [0.15, 0.2) is 0 Å². The lowest BCUT2D eigenvalue weighted by molar-refractivity contribution is -0.0537. The van der Waals surface area contributed by atoms with Gasteiger partial charge in [0, 0.05) is 37.9 Å². The van der Waals surface area contributed by atoms with Crippen molar-refractivity contribution in [1.29, 1.82) is 0 Å². The second-order valence-electron chi connectivity index (χ2n) is 6.88. The van der Waals surface area contributed by atoms with Crippen molar-refractivity contribution in [2.45, 2.75) is 38.8 Å². The van der Waals surface area contributed by atoms with Gasteiger partial charge in [-0.1, -0.05) is 18.2 Å². The average molecular weight is 329 g/mol. The van der Waals surface area contributed by atoms with Crippen molar-refractivity contribution < 1.29 is 9.84 Å². The van der Waals surface area contributed by atoms with Crippen LogP contribution in [0.25, 0.3) is 0 Å². The van der Waals surface area contributed by atoms with Crippen molar-refractivity contribution in [1.82, 2.24) is 14.7 Å². The summed E-state index contributed by atoms with van der Waals surface area (Å²) in [5.74, 6) is 0.815. The molecule has 3 rings (SSSR count). The Morgan fingerprint density at radius 3 is 2.42 bits per heavy atom. The van der Waals surface area contributed by atoms with Gasteiger partial charge in [0.2, 0.25) is 0 Å². The van der Waals surface area contributed by atoms with Crippen molar-refractivity contribution in [2.75, 3.05) is 19.7 Å². The third-order valence-electron chi connectivity index (χ3n) is 5.08. The molecule has 130 valence electrons. The smallest absolute Gasteiger partial charge is 0.119 e. The maximum Gasteiger partial charge on any atom is 0.119 e. The minimum atomic E-state index is -0.731. The first-order chi connectivity index (χ1) is 11.5. The predicted molar refractivity (Wildman–Crippen MR) is 94.1 cm³/mol. The molecular formula is C19H27N3O2. The summed E-state index contributed by atoms with van der Waals surface area (Å²) in [6, 6.07) is 9.70. The van der Waals surface area contributed by atoms with Crippen molar-refractivity contribution >= 4 is 0 Å². The number of rotatable bonds is 5. The van der Waals surface area contributed by atoms with Crippen LogP contribution in [0.4, 0.5) is 0 Å². The number of ether oxygens (including phenoxy) is 1. The Morgan fingerprint density at radius 1 is 1.17 bits per heavy atom. The molecule has 0 aliphatic carbocycles. The number of piperidine rings is 1. The van der Waals surface area contributed by atoms with E-state index in [1.807, 2.05) is 42.1 Å². The quantitative estimate of drug-likeness (QED) is 0.915. The van der Waals surface area contributed by atoms with E-state index in [0.29, 0.717) is 6.61 Å². The van der Waals surface area contributed by atoms with Gasteiger partial charge in [-0.05, 0) is 38.8 Å². The van der Waals surface area contributed by atoms with Crippen LogP contribution in [0.15, 0.2) is 30.3 Å². The third-order valence-corrected chi connectivity index (χ3v) is 5.08. The summed E-state index contributed by atoms with van der Waals surface area (Å²) < 4.78 is 7.70. The molecule has 0 saturated carbocycles. The summed E-state index contributed by atoms with van der Waals surface area (Å²) in [6.45, 7) is 7.20. The van der Waals surface area contributed by atoms with Crippen LogP contribution in [0.1, 0.15) is 29.8 Å². The molecule has 1 aliphatic heterocycles. The summed E-state index contributed by atoms with van der Waals surface area (Å²) >= 11 is 0. The molecule has 2 heterocycles. The number of hydrogen-bond donors (Lipinski definition) is 1. The SMILES string of the molecule is Cc1nn(C)c(C)c1CN1CCC(O)(COc2ccccc2)CC1. The number of aromatic nitrogens is 2. The van der Waals surface area contributed by atoms with E-state index in [-0.39, 0.29) is 0 Å². The Hall–Kier alpha value is -1.85. The molecule has 1 aromatic heterocycles. The van der Waals surface area contributed by atoms with E-state index < -0.39 is 5.60 Å². The van der Waals surface area contributed by atoms with Crippen molar-refractivity contribution in [3.8, 4) is 5.75 Å². The first-order valence-corrected chi connectivity index (χ1v) is 8.58. The number of aliphatic hydroxyl groups is 1. The van der Waals surface area contributed by atoms with Gasteiger partial charge in [0.1, 0.15) is 18.0 Å². The number of aryl methyl sites for hydroxylation is 2. The zero-order valence-electron chi connectivity index (χ0n) is 14.8. The Kier molecular flexibility index (Phi) is 4.92. The largest absolute Gasteiger partial charge is 0.491 e. The van der Waals surface area contributed by atoms with E-state index >= 15 is 0 Å². The molecule has 0 radical (unpaired) electrons. The molecular weight excluding hydrogens is 302 g/mol. The minimum absolute atomic E-state index is 0.357. The molecule has 0 bridgehead atoms. The van der Waals surface area contributed by atoms with E-state index in [1.165, 1.54) is 11.3 Å². The summed E-state index contributed by atoms with van der Waals surface area (Å²) in [6.07, 6.45) is 1.47. The van der Waals surface area contributed by atoms with Crippen LogP contribution in [0, 0.1) is 13.8 Å². The Balaban J connectivity index is 1.53. The Bertz CT molecular complexity index is 673. The van der Waals surface area contributed by atoms with Gasteiger partial charge in [-0.15, -0.1) is 0 Å². The van der Waals surface area contributed by atoms with Crippen LogP contribution in [0.5, 0.6) is 5.75 Å². The number of benzene rings is 1. The highest BCUT2D eigenvalue weighted by Crippen LogP contribution is 2.26. The van der Waals surface area contributed by atoms with E-state index in [4.69, 9.17) is 4.74 Å². The van der Waals surface area contributed by atoms with Crippen molar-refractivity contribution in [2.24, 2.45) is 7.05 Å². The van der Waals surface area contributed by atoms with Crippen LogP contribution < -0.4 is 4.74 Å². The molecule has 1 aliphatic rings. The molecule has 0 atom stereocenters. The summed E-state index contributed by atoms with van der Waals surface area (Å²) in [4.78, 5) is 2.40. The molecule has 0 amide bonds. The number of nitrogens with zero attached hydrogens (tertiary/aromatic N) is 3. The molecule has 1 saturated heterocycles. The van der Waals surface area contributed by atoms with Crippen LogP contribution in [0.3, 0.4) is 0 Å². The average Bonchev–Trinajstić information content (AvgIpc) is 2.82. The predicted octanol–water partition coefficient (Wildman–Crippen LogP) is 2.44. The summed E-state index contributed by atoms with van der Waals surface area (Å²) in [5.41, 5.74) is 2.90. The fourth-order valence-electron chi connectivity index (χ4n) is 3.28. The Morgan fingerprint density at radius 2 is 1.83 bits per heavy atom. The lowest BCUT2D eigenvalue weighted by atomic mass is 9.92. The Labute approximate surface area is 143 Å². The molecule has 1 fully saturated rings. The fourth-order valence-corrected chi connectivity index (χ4v) is 3.28. The van der Waals surface area contributed by atoms with Crippen molar-refractivity contribution in [3.05, 3.63) is 47.3 Å². The molecule has 2 aromatic rings. The van der Waals surface area contributed by atoms with Crippen molar-refractivity contribution in [3.63, 3.8) is 0 Å². The fraction of sp³-hybridized carbons (Fsp3) is 0.526. The van der Waals surface area contributed by atoms with Crippen LogP contribution in [0.2, 0.25) is 0 Å². The lowest BCUT2D eigenvalue weighted by Crippen LogP contribution is -2.47. The second-order valence-corrected chi connectivity index (χ2v) is 6.88. The highest BCUT2D eigenvalue weighted by atomic mass is 16.5. The highest BCUT2D eigenvalue weighted by molar-refractivity contribution is 5.24. The first-order valence-electron chi connectivity index (χ1n) is 8.58. The molecule has 24 heavy (non-hydrogen) atoms. The molecule has 1 aromatic carbocycles. The number of para-hydroxylation sites is 1. The van der Waals surface area contributed by atoms with Gasteiger partial charge in [0.25, 0.3) is 0 Å². The lowest BCUT2D eigenvalue weighted by Gasteiger charge is -2.38. The molecule has 1 N–H and O–H groups in total. The standard InChI is InChI=1S/C19H27N3O2/c1-15-18(16(2)21(3)20-15)13-22-11-9-19(23,10-12-22)14-24-17-7-5-4-6-8-17/h4-8,23H,9-14H2,1-3H3.